The third-order valence-electron chi connectivity index (χ3n) is 8.26. The van der Waals surface area contributed by atoms with Crippen LogP contribution in [-0.2, 0) is 15.0 Å². The molecule has 3 aromatic carbocycles. The molecule has 1 spiro atoms. The van der Waals surface area contributed by atoms with Gasteiger partial charge in [0.1, 0.15) is 0 Å². The van der Waals surface area contributed by atoms with Crippen LogP contribution in [0.1, 0.15) is 81.5 Å². The van der Waals surface area contributed by atoms with Gasteiger partial charge in [0.25, 0.3) is 5.91 Å². The SMILES string of the molecule is CC.CN.Cc1[nH]c(C2C#CC23C(=O)Nc2ccc(C(=O)NC(C)c4ccccc4)cc23)c(C)c1NC(=O)/C=C/C(=O)c1ccccc1. The highest BCUT2D eigenvalue weighted by atomic mass is 16.2. The van der Waals surface area contributed by atoms with E-state index in [2.05, 4.69) is 38.5 Å². The number of carbonyl (C=O) groups is 4. The normalized spacial score (nSPS) is 17.2. The van der Waals surface area contributed by atoms with Crippen LogP contribution in [0.2, 0.25) is 0 Å². The minimum atomic E-state index is -1.18. The van der Waals surface area contributed by atoms with Crippen molar-refractivity contribution in [2.45, 2.75) is 52.0 Å². The van der Waals surface area contributed by atoms with Crippen molar-refractivity contribution in [3.8, 4) is 11.8 Å². The third-order valence-corrected chi connectivity index (χ3v) is 8.26. The molecule has 0 saturated heterocycles. The van der Waals surface area contributed by atoms with Crippen molar-refractivity contribution in [1.29, 1.82) is 0 Å². The van der Waals surface area contributed by atoms with Gasteiger partial charge >= 0.3 is 0 Å². The minimum Gasteiger partial charge on any atom is -0.359 e. The average Bonchev–Trinajstić information content (AvgIpc) is 3.57. The molecule has 2 aliphatic rings. The maximum absolute atomic E-state index is 13.5. The standard InChI is InChI=1S/C36H30N4O4.C2H6.CH5N/c1-21-32(40-31(42)17-16-30(41)25-12-8-5-9-13-25)23(3)37-33(21)27-18-19-36(27)28-20-26(14-15-29(28)39-35(36)44)34(43)38-22(2)24-10-6-4-7-11-24;2*1-2/h4-17,20,22,27,37H,1-3H3,(H,38,43)(H,39,44)(H,40,42);1-2H3;2H2,1H3/b17-16+;;. The first-order valence-corrected chi connectivity index (χ1v) is 15.9. The smallest absolute Gasteiger partial charge is 0.251 e. The number of benzene rings is 3. The van der Waals surface area contributed by atoms with Gasteiger partial charge < -0.3 is 26.7 Å². The van der Waals surface area contributed by atoms with Crippen LogP contribution >= 0.6 is 0 Å². The first-order chi connectivity index (χ1) is 23.2. The second-order valence-corrected chi connectivity index (χ2v) is 11.0. The van der Waals surface area contributed by atoms with E-state index in [9.17, 15) is 19.2 Å². The van der Waals surface area contributed by atoms with Crippen LogP contribution in [0, 0.1) is 25.7 Å². The van der Waals surface area contributed by atoms with Crippen LogP contribution in [0.3, 0.4) is 0 Å². The number of hydrogen-bond acceptors (Lipinski definition) is 5. The monoisotopic (exact) mass is 643 g/mol. The summed E-state index contributed by atoms with van der Waals surface area (Å²) in [4.78, 5) is 55.2. The van der Waals surface area contributed by atoms with Gasteiger partial charge in [0, 0.05) is 39.8 Å². The van der Waals surface area contributed by atoms with Crippen LogP contribution in [-0.4, -0.2) is 35.5 Å². The quantitative estimate of drug-likeness (QED) is 0.0896. The average molecular weight is 644 g/mol. The summed E-state index contributed by atoms with van der Waals surface area (Å²) in [5.74, 6) is 4.49. The fourth-order valence-corrected chi connectivity index (χ4v) is 5.82. The Kier molecular flexibility index (Phi) is 11.2. The van der Waals surface area contributed by atoms with Crippen LogP contribution < -0.4 is 21.7 Å². The molecule has 48 heavy (non-hydrogen) atoms. The molecule has 3 unspecified atom stereocenters. The summed E-state index contributed by atoms with van der Waals surface area (Å²) in [5.41, 5.74) is 9.19. The van der Waals surface area contributed by atoms with Crippen LogP contribution in [0.25, 0.3) is 0 Å². The predicted molar refractivity (Wildman–Crippen MR) is 190 cm³/mol. The first-order valence-electron chi connectivity index (χ1n) is 15.9. The number of aryl methyl sites for hydroxylation is 1. The zero-order valence-corrected chi connectivity index (χ0v) is 28.0. The topological polar surface area (TPSA) is 146 Å². The molecule has 0 bridgehead atoms. The van der Waals surface area contributed by atoms with E-state index in [4.69, 9.17) is 0 Å². The van der Waals surface area contributed by atoms with E-state index in [0.717, 1.165) is 11.1 Å². The molecule has 0 saturated carbocycles. The highest BCUT2D eigenvalue weighted by Gasteiger charge is 2.56. The van der Waals surface area contributed by atoms with Crippen molar-refractivity contribution in [3.63, 3.8) is 0 Å². The van der Waals surface area contributed by atoms with E-state index in [1.165, 1.54) is 19.2 Å². The lowest BCUT2D eigenvalue weighted by Crippen LogP contribution is -2.44. The number of anilines is 2. The number of H-pyrrole nitrogens is 1. The molecular formula is C39H41N5O4. The molecule has 6 rings (SSSR count). The van der Waals surface area contributed by atoms with E-state index in [1.807, 2.05) is 71.0 Å². The molecule has 1 aliphatic heterocycles. The number of rotatable bonds is 8. The summed E-state index contributed by atoms with van der Waals surface area (Å²) in [6, 6.07) is 23.4. The molecule has 246 valence electrons. The molecule has 1 aromatic heterocycles. The Morgan fingerprint density at radius 1 is 0.917 bits per heavy atom. The lowest BCUT2D eigenvalue weighted by Gasteiger charge is -2.34. The molecule has 3 amide bonds. The Morgan fingerprint density at radius 3 is 2.19 bits per heavy atom. The Morgan fingerprint density at radius 2 is 1.56 bits per heavy atom. The Labute approximate surface area is 281 Å². The van der Waals surface area contributed by atoms with Gasteiger partial charge in [-0.05, 0) is 63.2 Å². The van der Waals surface area contributed by atoms with Crippen LogP contribution in [0.5, 0.6) is 0 Å². The highest BCUT2D eigenvalue weighted by Crippen LogP contribution is 2.52. The number of aromatic amines is 1. The zero-order chi connectivity index (χ0) is 35.0. The zero-order valence-electron chi connectivity index (χ0n) is 28.0. The molecule has 9 heteroatoms. The maximum atomic E-state index is 13.5. The van der Waals surface area contributed by atoms with Gasteiger partial charge in [-0.2, -0.15) is 0 Å². The molecule has 9 nitrogen and oxygen atoms in total. The predicted octanol–water partition coefficient (Wildman–Crippen LogP) is 6.09. The van der Waals surface area contributed by atoms with Gasteiger partial charge in [0.05, 0.1) is 17.6 Å². The van der Waals surface area contributed by atoms with E-state index in [1.54, 1.807) is 42.5 Å². The molecule has 3 atom stereocenters. The maximum Gasteiger partial charge on any atom is 0.251 e. The summed E-state index contributed by atoms with van der Waals surface area (Å²) in [6.07, 6.45) is 2.45. The second-order valence-electron chi connectivity index (χ2n) is 11.0. The molecular weight excluding hydrogens is 602 g/mol. The first kappa shape index (κ1) is 35.1. The lowest BCUT2D eigenvalue weighted by atomic mass is 9.64. The molecule has 0 radical (unpaired) electrons. The number of aromatic nitrogens is 1. The van der Waals surface area contributed by atoms with Crippen molar-refractivity contribution in [2.75, 3.05) is 17.7 Å². The van der Waals surface area contributed by atoms with E-state index < -0.39 is 17.2 Å². The van der Waals surface area contributed by atoms with E-state index in [0.29, 0.717) is 39.5 Å². The van der Waals surface area contributed by atoms with Crippen LogP contribution in [0.4, 0.5) is 11.4 Å². The third kappa shape index (κ3) is 6.70. The summed E-state index contributed by atoms with van der Waals surface area (Å²) in [7, 11) is 1.50. The van der Waals surface area contributed by atoms with Gasteiger partial charge in [0.15, 0.2) is 11.2 Å². The van der Waals surface area contributed by atoms with Crippen molar-refractivity contribution in [2.24, 2.45) is 5.73 Å². The van der Waals surface area contributed by atoms with Crippen LogP contribution in [0.15, 0.2) is 91.0 Å². The van der Waals surface area contributed by atoms with Crippen molar-refractivity contribution >= 4 is 34.9 Å². The number of nitrogens with two attached hydrogens (primary N) is 1. The molecule has 0 fully saturated rings. The summed E-state index contributed by atoms with van der Waals surface area (Å²) in [5, 5.41) is 8.83. The Hall–Kier alpha value is -5.72. The number of fused-ring (bicyclic) bond motifs is 2. The largest absolute Gasteiger partial charge is 0.359 e. The number of nitrogens with one attached hydrogen (secondary N) is 4. The Bertz CT molecular complexity index is 1920. The number of amides is 3. The van der Waals surface area contributed by atoms with Crippen molar-refractivity contribution in [1.82, 2.24) is 10.3 Å². The minimum absolute atomic E-state index is 0.202. The van der Waals surface area contributed by atoms with E-state index >= 15 is 0 Å². The van der Waals surface area contributed by atoms with Gasteiger partial charge in [-0.3, -0.25) is 19.2 Å². The van der Waals surface area contributed by atoms with E-state index in [-0.39, 0.29) is 23.6 Å². The lowest BCUT2D eigenvalue weighted by molar-refractivity contribution is -0.119. The summed E-state index contributed by atoms with van der Waals surface area (Å²) >= 11 is 0. The van der Waals surface area contributed by atoms with Crippen molar-refractivity contribution in [3.05, 3.63) is 130 Å². The molecule has 1 aliphatic carbocycles. The fourth-order valence-electron chi connectivity index (χ4n) is 5.82. The van der Waals surface area contributed by atoms with Crippen molar-refractivity contribution < 1.29 is 19.2 Å². The summed E-state index contributed by atoms with van der Waals surface area (Å²) < 4.78 is 0. The van der Waals surface area contributed by atoms with Gasteiger partial charge in [0.2, 0.25) is 11.8 Å². The summed E-state index contributed by atoms with van der Waals surface area (Å²) in [6.45, 7) is 9.59. The van der Waals surface area contributed by atoms with Gasteiger partial charge in [-0.15, -0.1) is 0 Å². The fraction of sp³-hybridized carbons (Fsp3) is 0.231. The number of hydrogen-bond donors (Lipinski definition) is 5. The highest BCUT2D eigenvalue weighted by molar-refractivity contribution is 6.13. The molecule has 6 N–H and O–H groups in total. The molecule has 4 aromatic rings. The molecule has 2 heterocycles. The number of carbonyl (C=O) groups excluding carboxylic acids is 4. The number of allylic oxidation sites excluding steroid dienone is 1. The Balaban J connectivity index is 0.00000125. The number of ketones is 1. The van der Waals surface area contributed by atoms with Gasteiger partial charge in [-0.25, -0.2) is 0 Å². The van der Waals surface area contributed by atoms with Gasteiger partial charge in [-0.1, -0.05) is 86.4 Å². The second kappa shape index (κ2) is 15.2.